The van der Waals surface area contributed by atoms with Crippen LogP contribution in [0.15, 0.2) is 18.2 Å². The fourth-order valence-corrected chi connectivity index (χ4v) is 2.57. The van der Waals surface area contributed by atoms with Crippen LogP contribution >= 0.6 is 11.6 Å². The summed E-state index contributed by atoms with van der Waals surface area (Å²) in [5.41, 5.74) is 3.07. The average Bonchev–Trinajstić information content (AvgIpc) is 2.51. The summed E-state index contributed by atoms with van der Waals surface area (Å²) in [5.74, 6) is 1.75. The van der Waals surface area contributed by atoms with E-state index in [2.05, 4.69) is 59.7 Å². The molecule has 0 saturated heterocycles. The minimum absolute atomic E-state index is 0.127. The fraction of sp³-hybridized carbons (Fsp3) is 0.700. The van der Waals surface area contributed by atoms with Crippen LogP contribution in [0.1, 0.15) is 78.4 Å². The number of ether oxygens (including phenoxy) is 1. The first kappa shape index (κ1) is 19.4. The Morgan fingerprint density at radius 2 is 1.59 bits per heavy atom. The molecule has 0 saturated carbocycles. The number of alkyl halides is 1. The quantitative estimate of drug-likeness (QED) is 0.374. The Hall–Kier alpha value is -0.690. The van der Waals surface area contributed by atoms with E-state index in [4.69, 9.17) is 16.3 Å². The smallest absolute Gasteiger partial charge is 0.123 e. The van der Waals surface area contributed by atoms with Gasteiger partial charge in [-0.1, -0.05) is 53.7 Å². The van der Waals surface area contributed by atoms with Crippen LogP contribution in [0.4, 0.5) is 0 Å². The molecule has 0 aliphatic rings. The van der Waals surface area contributed by atoms with Gasteiger partial charge in [0.05, 0.1) is 6.61 Å². The maximum absolute atomic E-state index is 6.07. The minimum Gasteiger partial charge on any atom is -0.493 e. The van der Waals surface area contributed by atoms with E-state index in [-0.39, 0.29) is 10.8 Å². The number of hydrogen-bond donors (Lipinski definition) is 0. The lowest BCUT2D eigenvalue weighted by Crippen LogP contribution is -2.21. The summed E-state index contributed by atoms with van der Waals surface area (Å²) in [6.07, 6.45) is 4.25. The average molecular weight is 325 g/mol. The summed E-state index contributed by atoms with van der Waals surface area (Å²) in [5, 5.41) is 0. The molecule has 1 rings (SSSR count). The molecule has 0 amide bonds. The SMILES string of the molecule is CCC(C)(C)c1ccc(OCCCCCl)c(C(C)(C)CC)c1. The van der Waals surface area contributed by atoms with Crippen molar-refractivity contribution in [3.8, 4) is 5.75 Å². The van der Waals surface area contributed by atoms with Gasteiger partial charge >= 0.3 is 0 Å². The molecule has 0 spiro atoms. The molecule has 1 aromatic rings. The van der Waals surface area contributed by atoms with Gasteiger partial charge in [0.15, 0.2) is 0 Å². The van der Waals surface area contributed by atoms with Crippen LogP contribution in [-0.4, -0.2) is 12.5 Å². The highest BCUT2D eigenvalue weighted by atomic mass is 35.5. The second kappa shape index (κ2) is 8.24. The zero-order valence-corrected chi connectivity index (χ0v) is 16.0. The number of rotatable bonds is 9. The first-order chi connectivity index (χ1) is 10.3. The van der Waals surface area contributed by atoms with Gasteiger partial charge in [-0.25, -0.2) is 0 Å². The van der Waals surface area contributed by atoms with E-state index in [0.29, 0.717) is 5.88 Å². The third-order valence-electron chi connectivity index (χ3n) is 5.04. The van der Waals surface area contributed by atoms with Crippen LogP contribution in [0.3, 0.4) is 0 Å². The van der Waals surface area contributed by atoms with E-state index >= 15 is 0 Å². The molecule has 1 aromatic carbocycles. The Morgan fingerprint density at radius 1 is 0.955 bits per heavy atom. The number of unbranched alkanes of at least 4 members (excludes halogenated alkanes) is 1. The summed E-state index contributed by atoms with van der Waals surface area (Å²) < 4.78 is 6.07. The number of benzene rings is 1. The Kier molecular flexibility index (Phi) is 7.25. The van der Waals surface area contributed by atoms with E-state index < -0.39 is 0 Å². The van der Waals surface area contributed by atoms with Gasteiger partial charge in [-0.05, 0) is 48.1 Å². The topological polar surface area (TPSA) is 9.23 Å². The van der Waals surface area contributed by atoms with E-state index in [1.807, 2.05) is 0 Å². The maximum Gasteiger partial charge on any atom is 0.123 e. The molecule has 2 heteroatoms. The van der Waals surface area contributed by atoms with Crippen molar-refractivity contribution in [2.75, 3.05) is 12.5 Å². The first-order valence-corrected chi connectivity index (χ1v) is 9.15. The minimum atomic E-state index is 0.127. The van der Waals surface area contributed by atoms with Gasteiger partial charge in [0, 0.05) is 11.4 Å². The fourth-order valence-electron chi connectivity index (χ4n) is 2.38. The molecule has 0 aromatic heterocycles. The lowest BCUT2D eigenvalue weighted by molar-refractivity contribution is 0.298. The van der Waals surface area contributed by atoms with Crippen molar-refractivity contribution in [2.24, 2.45) is 0 Å². The molecule has 126 valence electrons. The predicted molar refractivity (Wildman–Crippen MR) is 98.5 cm³/mol. The van der Waals surface area contributed by atoms with Crippen molar-refractivity contribution >= 4 is 11.6 Å². The van der Waals surface area contributed by atoms with Gasteiger partial charge in [-0.15, -0.1) is 11.6 Å². The highest BCUT2D eigenvalue weighted by Gasteiger charge is 2.26. The molecule has 0 aliphatic carbocycles. The molecule has 0 radical (unpaired) electrons. The standard InChI is InChI=1S/C20H33ClO/c1-7-19(3,4)16-11-12-18(22-14-10-9-13-21)17(15-16)20(5,6)8-2/h11-12,15H,7-10,13-14H2,1-6H3. The molecular formula is C20H33ClO. The summed E-state index contributed by atoms with van der Waals surface area (Å²) >= 11 is 5.74. The van der Waals surface area contributed by atoms with Gasteiger partial charge in [-0.2, -0.15) is 0 Å². The van der Waals surface area contributed by atoms with Crippen molar-refractivity contribution in [3.05, 3.63) is 29.3 Å². The largest absolute Gasteiger partial charge is 0.493 e. The van der Waals surface area contributed by atoms with Crippen LogP contribution < -0.4 is 4.74 Å². The molecule has 22 heavy (non-hydrogen) atoms. The predicted octanol–water partition coefficient (Wildman–Crippen LogP) is 6.46. The second-order valence-electron chi connectivity index (χ2n) is 7.43. The van der Waals surface area contributed by atoms with E-state index in [1.165, 1.54) is 11.1 Å². The van der Waals surface area contributed by atoms with Gasteiger partial charge in [-0.3, -0.25) is 0 Å². The number of halogens is 1. The number of hydrogen-bond acceptors (Lipinski definition) is 1. The van der Waals surface area contributed by atoms with Crippen molar-refractivity contribution < 1.29 is 4.74 Å². The summed E-state index contributed by atoms with van der Waals surface area (Å²) in [4.78, 5) is 0. The van der Waals surface area contributed by atoms with Crippen LogP contribution in [0, 0.1) is 0 Å². The molecule has 0 heterocycles. The van der Waals surface area contributed by atoms with E-state index in [0.717, 1.165) is 38.0 Å². The van der Waals surface area contributed by atoms with Gasteiger partial charge in [0.2, 0.25) is 0 Å². The highest BCUT2D eigenvalue weighted by Crippen LogP contribution is 2.38. The monoisotopic (exact) mass is 324 g/mol. The van der Waals surface area contributed by atoms with Gasteiger partial charge in [0.1, 0.15) is 5.75 Å². The third kappa shape index (κ3) is 4.91. The Labute approximate surface area is 142 Å². The highest BCUT2D eigenvalue weighted by molar-refractivity contribution is 6.17. The molecule has 0 atom stereocenters. The van der Waals surface area contributed by atoms with Crippen LogP contribution in [0.25, 0.3) is 0 Å². The lowest BCUT2D eigenvalue weighted by Gasteiger charge is -2.30. The molecule has 1 nitrogen and oxygen atoms in total. The Morgan fingerprint density at radius 3 is 2.14 bits per heavy atom. The summed E-state index contributed by atoms with van der Waals surface area (Å²) in [6, 6.07) is 6.76. The molecular weight excluding hydrogens is 292 g/mol. The molecule has 0 bridgehead atoms. The molecule has 0 fully saturated rings. The Balaban J connectivity index is 3.11. The first-order valence-electron chi connectivity index (χ1n) is 8.62. The van der Waals surface area contributed by atoms with Gasteiger partial charge < -0.3 is 4.74 Å². The summed E-state index contributed by atoms with van der Waals surface area (Å²) in [6.45, 7) is 14.5. The normalized spacial score (nSPS) is 12.5. The summed E-state index contributed by atoms with van der Waals surface area (Å²) in [7, 11) is 0. The third-order valence-corrected chi connectivity index (χ3v) is 5.31. The van der Waals surface area contributed by atoms with Crippen molar-refractivity contribution in [2.45, 2.75) is 78.1 Å². The van der Waals surface area contributed by atoms with Gasteiger partial charge in [0.25, 0.3) is 0 Å². The van der Waals surface area contributed by atoms with Crippen LogP contribution in [0.5, 0.6) is 5.75 Å². The van der Waals surface area contributed by atoms with Crippen molar-refractivity contribution in [3.63, 3.8) is 0 Å². The van der Waals surface area contributed by atoms with Crippen molar-refractivity contribution in [1.29, 1.82) is 0 Å². The van der Waals surface area contributed by atoms with E-state index in [9.17, 15) is 0 Å². The van der Waals surface area contributed by atoms with Crippen LogP contribution in [-0.2, 0) is 10.8 Å². The lowest BCUT2D eigenvalue weighted by atomic mass is 9.76. The zero-order valence-electron chi connectivity index (χ0n) is 15.3. The molecule has 0 aliphatic heterocycles. The second-order valence-corrected chi connectivity index (χ2v) is 7.81. The van der Waals surface area contributed by atoms with E-state index in [1.54, 1.807) is 0 Å². The van der Waals surface area contributed by atoms with Crippen molar-refractivity contribution in [1.82, 2.24) is 0 Å². The van der Waals surface area contributed by atoms with Crippen LogP contribution in [0.2, 0.25) is 0 Å². The zero-order chi connectivity index (χ0) is 16.8. The molecule has 0 unspecified atom stereocenters. The molecule has 0 N–H and O–H groups in total. The maximum atomic E-state index is 6.07. The Bertz CT molecular complexity index is 463.